The van der Waals surface area contributed by atoms with Gasteiger partial charge in [0, 0.05) is 25.4 Å². The first kappa shape index (κ1) is 15.9. The third kappa shape index (κ3) is 5.12. The van der Waals surface area contributed by atoms with E-state index in [9.17, 15) is 13.2 Å². The predicted molar refractivity (Wildman–Crippen MR) is 81.6 cm³/mol. The van der Waals surface area contributed by atoms with Crippen molar-refractivity contribution >= 4 is 15.7 Å². The minimum atomic E-state index is -3.10. The summed E-state index contributed by atoms with van der Waals surface area (Å²) in [5.41, 5.74) is 1.05. The van der Waals surface area contributed by atoms with Gasteiger partial charge < -0.3 is 5.32 Å². The van der Waals surface area contributed by atoms with Crippen LogP contribution in [-0.2, 0) is 21.1 Å². The highest BCUT2D eigenvalue weighted by atomic mass is 32.2. The van der Waals surface area contributed by atoms with Crippen molar-refractivity contribution in [3.63, 3.8) is 0 Å². The summed E-state index contributed by atoms with van der Waals surface area (Å²) in [5.74, 6) is -0.225. The summed E-state index contributed by atoms with van der Waals surface area (Å²) in [6.07, 6.45) is 7.71. The molecule has 1 aromatic heterocycles. The minimum Gasteiger partial charge on any atom is -0.356 e. The Kier molecular flexibility index (Phi) is 5.73. The fraction of sp³-hybridized carbons (Fsp3) is 0.600. The van der Waals surface area contributed by atoms with E-state index in [1.165, 1.54) is 0 Å². The molecule has 6 heteroatoms. The molecular formula is C15H22N2O3S. The minimum absolute atomic E-state index is 0.0314. The topological polar surface area (TPSA) is 76.1 Å². The number of rotatable bonds is 7. The second kappa shape index (κ2) is 7.54. The molecule has 1 aliphatic carbocycles. The average molecular weight is 310 g/mol. The molecule has 1 aromatic rings. The summed E-state index contributed by atoms with van der Waals surface area (Å²) in [6.45, 7) is 0.508. The van der Waals surface area contributed by atoms with E-state index >= 15 is 0 Å². The van der Waals surface area contributed by atoms with Gasteiger partial charge in [0.15, 0.2) is 9.84 Å². The lowest BCUT2D eigenvalue weighted by Gasteiger charge is -2.11. The van der Waals surface area contributed by atoms with Crippen LogP contribution in [0.15, 0.2) is 24.5 Å². The Labute approximate surface area is 126 Å². The standard InChI is InChI=1S/C15H22N2O3S/c18-15(17-10-7-13-4-3-9-16-12-13)8-11-21(19,20)14-5-1-2-6-14/h3-4,9,12,14H,1-2,5-8,10-11H2,(H,17,18). The van der Waals surface area contributed by atoms with Gasteiger partial charge in [-0.25, -0.2) is 8.42 Å². The zero-order valence-corrected chi connectivity index (χ0v) is 12.9. The molecule has 0 saturated heterocycles. The van der Waals surface area contributed by atoms with E-state index < -0.39 is 9.84 Å². The smallest absolute Gasteiger partial charge is 0.221 e. The maximum absolute atomic E-state index is 12.0. The maximum Gasteiger partial charge on any atom is 0.221 e. The molecule has 1 fully saturated rings. The molecule has 0 radical (unpaired) electrons. The van der Waals surface area contributed by atoms with Crippen molar-refractivity contribution in [2.75, 3.05) is 12.3 Å². The fourth-order valence-corrected chi connectivity index (χ4v) is 4.48. The van der Waals surface area contributed by atoms with Crippen LogP contribution in [0.2, 0.25) is 0 Å². The van der Waals surface area contributed by atoms with Crippen LogP contribution in [0.5, 0.6) is 0 Å². The van der Waals surface area contributed by atoms with E-state index in [1.54, 1.807) is 12.4 Å². The van der Waals surface area contributed by atoms with Crippen LogP contribution < -0.4 is 5.32 Å². The van der Waals surface area contributed by atoms with Gasteiger partial charge in [-0.2, -0.15) is 0 Å². The van der Waals surface area contributed by atoms with Crippen LogP contribution >= 0.6 is 0 Å². The van der Waals surface area contributed by atoms with Crippen molar-refractivity contribution in [1.82, 2.24) is 10.3 Å². The number of carbonyl (C=O) groups excluding carboxylic acids is 1. The lowest BCUT2D eigenvalue weighted by atomic mass is 10.2. The van der Waals surface area contributed by atoms with Gasteiger partial charge in [-0.05, 0) is 30.9 Å². The monoisotopic (exact) mass is 310 g/mol. The molecule has 116 valence electrons. The number of amides is 1. The van der Waals surface area contributed by atoms with E-state index in [1.807, 2.05) is 12.1 Å². The van der Waals surface area contributed by atoms with Gasteiger partial charge in [0.25, 0.3) is 0 Å². The summed E-state index contributed by atoms with van der Waals surface area (Å²) < 4.78 is 24.1. The van der Waals surface area contributed by atoms with Crippen LogP contribution in [0.4, 0.5) is 0 Å². The number of sulfone groups is 1. The molecule has 0 unspecified atom stereocenters. The molecule has 21 heavy (non-hydrogen) atoms. The van der Waals surface area contributed by atoms with Crippen molar-refractivity contribution in [2.45, 2.75) is 43.8 Å². The highest BCUT2D eigenvalue weighted by Gasteiger charge is 2.28. The van der Waals surface area contributed by atoms with E-state index in [2.05, 4.69) is 10.3 Å². The Balaban J connectivity index is 1.67. The average Bonchev–Trinajstić information content (AvgIpc) is 3.01. The summed E-state index contributed by atoms with van der Waals surface area (Å²) in [6, 6.07) is 3.80. The SMILES string of the molecule is O=C(CCS(=O)(=O)C1CCCC1)NCCc1cccnc1. The number of hydrogen-bond acceptors (Lipinski definition) is 4. The zero-order valence-electron chi connectivity index (χ0n) is 12.1. The highest BCUT2D eigenvalue weighted by Crippen LogP contribution is 2.25. The van der Waals surface area contributed by atoms with E-state index in [0.717, 1.165) is 31.2 Å². The fourth-order valence-electron chi connectivity index (χ4n) is 2.63. The summed E-state index contributed by atoms with van der Waals surface area (Å²) in [7, 11) is -3.10. The number of carbonyl (C=O) groups is 1. The van der Waals surface area contributed by atoms with Gasteiger partial charge in [0.1, 0.15) is 0 Å². The first-order chi connectivity index (χ1) is 10.1. The third-order valence-corrected chi connectivity index (χ3v) is 6.14. The Hall–Kier alpha value is -1.43. The molecule has 1 saturated carbocycles. The molecule has 1 heterocycles. The molecule has 0 bridgehead atoms. The second-order valence-electron chi connectivity index (χ2n) is 5.48. The van der Waals surface area contributed by atoms with Gasteiger partial charge in [0.05, 0.1) is 11.0 Å². The second-order valence-corrected chi connectivity index (χ2v) is 7.89. The summed E-state index contributed by atoms with van der Waals surface area (Å²) >= 11 is 0. The van der Waals surface area contributed by atoms with Crippen molar-refractivity contribution in [3.05, 3.63) is 30.1 Å². The van der Waals surface area contributed by atoms with Crippen LogP contribution in [0, 0.1) is 0 Å². The van der Waals surface area contributed by atoms with Crippen molar-refractivity contribution < 1.29 is 13.2 Å². The van der Waals surface area contributed by atoms with Crippen LogP contribution in [-0.4, -0.2) is 36.9 Å². The van der Waals surface area contributed by atoms with Gasteiger partial charge in [-0.15, -0.1) is 0 Å². The lowest BCUT2D eigenvalue weighted by Crippen LogP contribution is -2.29. The van der Waals surface area contributed by atoms with Gasteiger partial charge in [-0.3, -0.25) is 9.78 Å². The van der Waals surface area contributed by atoms with E-state index in [4.69, 9.17) is 0 Å². The molecule has 0 spiro atoms. The lowest BCUT2D eigenvalue weighted by molar-refractivity contribution is -0.120. The first-order valence-corrected chi connectivity index (χ1v) is 9.16. The van der Waals surface area contributed by atoms with Gasteiger partial charge in [-0.1, -0.05) is 18.9 Å². The maximum atomic E-state index is 12.0. The Morgan fingerprint density at radius 1 is 1.33 bits per heavy atom. The molecule has 1 amide bonds. The molecule has 0 aliphatic heterocycles. The van der Waals surface area contributed by atoms with Crippen molar-refractivity contribution in [3.8, 4) is 0 Å². The highest BCUT2D eigenvalue weighted by molar-refractivity contribution is 7.92. The summed E-state index contributed by atoms with van der Waals surface area (Å²) in [5, 5.41) is 2.54. The Morgan fingerprint density at radius 2 is 2.10 bits per heavy atom. The molecular weight excluding hydrogens is 288 g/mol. The number of nitrogens with one attached hydrogen (secondary N) is 1. The van der Waals surface area contributed by atoms with E-state index in [-0.39, 0.29) is 23.3 Å². The largest absolute Gasteiger partial charge is 0.356 e. The molecule has 1 N–H and O–H groups in total. The van der Waals surface area contributed by atoms with Crippen molar-refractivity contribution in [2.24, 2.45) is 0 Å². The number of pyridine rings is 1. The number of aromatic nitrogens is 1. The molecule has 0 atom stereocenters. The predicted octanol–water partition coefficient (Wildman–Crippen LogP) is 1.49. The quantitative estimate of drug-likeness (QED) is 0.828. The zero-order chi connectivity index (χ0) is 15.1. The third-order valence-electron chi connectivity index (χ3n) is 3.88. The Morgan fingerprint density at radius 3 is 2.76 bits per heavy atom. The first-order valence-electron chi connectivity index (χ1n) is 7.45. The Bertz CT molecular complexity index is 552. The van der Waals surface area contributed by atoms with Crippen molar-refractivity contribution in [1.29, 1.82) is 0 Å². The number of hydrogen-bond donors (Lipinski definition) is 1. The molecule has 5 nitrogen and oxygen atoms in total. The van der Waals surface area contributed by atoms with E-state index in [0.29, 0.717) is 13.0 Å². The van der Waals surface area contributed by atoms with Crippen LogP contribution in [0.3, 0.4) is 0 Å². The van der Waals surface area contributed by atoms with Gasteiger partial charge >= 0.3 is 0 Å². The molecule has 0 aromatic carbocycles. The summed E-state index contributed by atoms with van der Waals surface area (Å²) in [4.78, 5) is 15.7. The van der Waals surface area contributed by atoms with Crippen LogP contribution in [0.25, 0.3) is 0 Å². The molecule has 1 aliphatic rings. The molecule has 2 rings (SSSR count). The number of nitrogens with zero attached hydrogens (tertiary/aromatic N) is 1. The van der Waals surface area contributed by atoms with Crippen LogP contribution in [0.1, 0.15) is 37.7 Å². The normalized spacial score (nSPS) is 16.0. The van der Waals surface area contributed by atoms with Gasteiger partial charge in [0.2, 0.25) is 5.91 Å².